The molecule has 1 aliphatic carbocycles. The number of nitrogens with zero attached hydrogens (tertiary/aromatic N) is 2. The third kappa shape index (κ3) is 3.00. The molecular formula is C21H23N5O3. The molecule has 2 fully saturated rings. The maximum absolute atomic E-state index is 13.0. The van der Waals surface area contributed by atoms with E-state index in [1.807, 2.05) is 31.3 Å². The SMILES string of the molecule is CNC(=O)c1cc(C(=O)NC2[C@H]3COC[C@@H]23)n([C@@H](C)c2ccc3[nH]ccc3c2)n1. The third-order valence-electron chi connectivity index (χ3n) is 6.10. The summed E-state index contributed by atoms with van der Waals surface area (Å²) in [5, 5.41) is 11.2. The Kier molecular flexibility index (Phi) is 4.16. The minimum absolute atomic E-state index is 0.148. The maximum atomic E-state index is 13.0. The first-order valence-corrected chi connectivity index (χ1v) is 9.84. The molecule has 150 valence electrons. The molecule has 5 rings (SSSR count). The van der Waals surface area contributed by atoms with Crippen LogP contribution in [0.15, 0.2) is 36.5 Å². The van der Waals surface area contributed by atoms with E-state index in [2.05, 4.69) is 26.8 Å². The van der Waals surface area contributed by atoms with Crippen molar-refractivity contribution in [3.8, 4) is 0 Å². The zero-order valence-corrected chi connectivity index (χ0v) is 16.3. The van der Waals surface area contributed by atoms with Crippen LogP contribution >= 0.6 is 0 Å². The van der Waals surface area contributed by atoms with Gasteiger partial charge >= 0.3 is 0 Å². The van der Waals surface area contributed by atoms with Gasteiger partial charge in [0.25, 0.3) is 11.8 Å². The number of nitrogens with one attached hydrogen (secondary N) is 3. The van der Waals surface area contributed by atoms with Crippen molar-refractivity contribution in [2.24, 2.45) is 11.8 Å². The molecule has 3 N–H and O–H groups in total. The molecule has 2 aliphatic rings. The number of ether oxygens (including phenoxy) is 1. The summed E-state index contributed by atoms with van der Waals surface area (Å²) in [5.74, 6) is 0.286. The van der Waals surface area contributed by atoms with Crippen LogP contribution in [0.5, 0.6) is 0 Å². The largest absolute Gasteiger partial charge is 0.381 e. The van der Waals surface area contributed by atoms with E-state index in [9.17, 15) is 9.59 Å². The lowest BCUT2D eigenvalue weighted by Gasteiger charge is -2.16. The van der Waals surface area contributed by atoms with Gasteiger partial charge in [-0.15, -0.1) is 0 Å². The van der Waals surface area contributed by atoms with E-state index in [4.69, 9.17) is 4.74 Å². The van der Waals surface area contributed by atoms with Crippen molar-refractivity contribution in [3.05, 3.63) is 53.5 Å². The number of hydrogen-bond acceptors (Lipinski definition) is 4. The Morgan fingerprint density at radius 3 is 2.76 bits per heavy atom. The quantitative estimate of drug-likeness (QED) is 0.614. The Morgan fingerprint density at radius 1 is 1.21 bits per heavy atom. The van der Waals surface area contributed by atoms with Crippen LogP contribution in [0.2, 0.25) is 0 Å². The zero-order valence-electron chi connectivity index (χ0n) is 16.3. The molecular weight excluding hydrogens is 370 g/mol. The number of H-pyrrole nitrogens is 1. The van der Waals surface area contributed by atoms with E-state index in [0.717, 1.165) is 16.5 Å². The van der Waals surface area contributed by atoms with Gasteiger partial charge in [0.1, 0.15) is 5.69 Å². The first-order chi connectivity index (χ1) is 14.1. The molecule has 3 heterocycles. The molecule has 1 aromatic carbocycles. The van der Waals surface area contributed by atoms with Crippen LogP contribution in [0.4, 0.5) is 0 Å². The van der Waals surface area contributed by atoms with E-state index in [0.29, 0.717) is 30.7 Å². The fraction of sp³-hybridized carbons (Fsp3) is 0.381. The van der Waals surface area contributed by atoms with Crippen molar-refractivity contribution in [1.29, 1.82) is 0 Å². The van der Waals surface area contributed by atoms with Gasteiger partial charge in [-0.05, 0) is 36.1 Å². The Hall–Kier alpha value is -3.13. The highest BCUT2D eigenvalue weighted by Crippen LogP contribution is 2.44. The van der Waals surface area contributed by atoms with Crippen LogP contribution in [0.3, 0.4) is 0 Å². The number of carbonyl (C=O) groups excluding carboxylic acids is 2. The molecule has 8 nitrogen and oxygen atoms in total. The molecule has 0 spiro atoms. The smallest absolute Gasteiger partial charge is 0.271 e. The van der Waals surface area contributed by atoms with Crippen molar-refractivity contribution < 1.29 is 14.3 Å². The number of benzene rings is 1. The van der Waals surface area contributed by atoms with Crippen molar-refractivity contribution >= 4 is 22.7 Å². The molecule has 3 aromatic rings. The van der Waals surface area contributed by atoms with Gasteiger partial charge in [-0.2, -0.15) is 5.10 Å². The summed E-state index contributed by atoms with van der Waals surface area (Å²) in [7, 11) is 1.55. The van der Waals surface area contributed by atoms with Crippen LogP contribution in [0, 0.1) is 11.8 Å². The third-order valence-corrected chi connectivity index (χ3v) is 6.10. The fourth-order valence-corrected chi connectivity index (χ4v) is 4.25. The standard InChI is InChI=1S/C21H23N5O3/c1-11(12-3-4-16-13(7-12)5-6-23-16)26-18(8-17(25-26)20(27)22-2)21(28)24-19-14-9-29-10-15(14)19/h3-8,11,14-15,19,23H,9-10H2,1-2H3,(H,22,27)(H,24,28)/t11-,14-,15+,19?/m0/s1. The van der Waals surface area contributed by atoms with Gasteiger partial charge in [-0.3, -0.25) is 14.3 Å². The Bertz CT molecular complexity index is 1090. The van der Waals surface area contributed by atoms with Crippen LogP contribution in [0.25, 0.3) is 10.9 Å². The molecule has 1 saturated heterocycles. The van der Waals surface area contributed by atoms with Crippen LogP contribution in [-0.2, 0) is 4.74 Å². The molecule has 0 bridgehead atoms. The lowest BCUT2D eigenvalue weighted by atomic mass is 10.1. The normalized spacial score (nSPS) is 23.6. The minimum atomic E-state index is -0.317. The summed E-state index contributed by atoms with van der Waals surface area (Å²) in [6, 6.07) is 9.59. The summed E-state index contributed by atoms with van der Waals surface area (Å²) in [4.78, 5) is 28.4. The second-order valence-electron chi connectivity index (χ2n) is 7.80. The van der Waals surface area contributed by atoms with E-state index >= 15 is 0 Å². The van der Waals surface area contributed by atoms with Crippen molar-refractivity contribution in [2.75, 3.05) is 20.3 Å². The summed E-state index contributed by atoms with van der Waals surface area (Å²) in [6.45, 7) is 3.38. The topological polar surface area (TPSA) is 101 Å². The zero-order chi connectivity index (χ0) is 20.1. The predicted octanol–water partition coefficient (Wildman–Crippen LogP) is 1.71. The molecule has 29 heavy (non-hydrogen) atoms. The molecule has 2 aromatic heterocycles. The van der Waals surface area contributed by atoms with Gasteiger partial charge in [0.05, 0.1) is 19.3 Å². The lowest BCUT2D eigenvalue weighted by Crippen LogP contribution is -2.32. The van der Waals surface area contributed by atoms with Gasteiger partial charge in [0.15, 0.2) is 5.69 Å². The summed E-state index contributed by atoms with van der Waals surface area (Å²) >= 11 is 0. The number of hydrogen-bond donors (Lipinski definition) is 3. The molecule has 2 amide bonds. The van der Waals surface area contributed by atoms with Crippen LogP contribution < -0.4 is 10.6 Å². The maximum Gasteiger partial charge on any atom is 0.271 e. The molecule has 1 saturated carbocycles. The Labute approximate surface area is 167 Å². The minimum Gasteiger partial charge on any atom is -0.381 e. The molecule has 0 radical (unpaired) electrons. The number of carbonyl (C=O) groups is 2. The van der Waals surface area contributed by atoms with Gasteiger partial charge in [0, 0.05) is 42.7 Å². The highest BCUT2D eigenvalue weighted by Gasteiger charge is 2.55. The van der Waals surface area contributed by atoms with Gasteiger partial charge < -0.3 is 20.4 Å². The average Bonchev–Trinajstić information content (AvgIpc) is 3.26. The number of aromatic nitrogens is 3. The summed E-state index contributed by atoms with van der Waals surface area (Å²) < 4.78 is 7.04. The Balaban J connectivity index is 1.47. The van der Waals surface area contributed by atoms with Crippen molar-refractivity contribution in [1.82, 2.24) is 25.4 Å². The molecule has 1 unspecified atom stereocenters. The molecule has 8 heteroatoms. The highest BCUT2D eigenvalue weighted by molar-refractivity contribution is 5.98. The fourth-order valence-electron chi connectivity index (χ4n) is 4.25. The summed E-state index contributed by atoms with van der Waals surface area (Å²) in [5.41, 5.74) is 2.67. The first kappa shape index (κ1) is 17.9. The van der Waals surface area contributed by atoms with Crippen molar-refractivity contribution in [3.63, 3.8) is 0 Å². The summed E-state index contributed by atoms with van der Waals surface area (Å²) in [6.07, 6.45) is 1.89. The number of aromatic amines is 1. The average molecular weight is 393 g/mol. The van der Waals surface area contributed by atoms with E-state index < -0.39 is 0 Å². The van der Waals surface area contributed by atoms with E-state index in [-0.39, 0.29) is 29.6 Å². The number of rotatable bonds is 5. The van der Waals surface area contributed by atoms with Crippen LogP contribution in [-0.4, -0.2) is 52.9 Å². The second kappa shape index (κ2) is 6.73. The highest BCUT2D eigenvalue weighted by atomic mass is 16.5. The monoisotopic (exact) mass is 393 g/mol. The number of amides is 2. The number of fused-ring (bicyclic) bond motifs is 2. The van der Waals surface area contributed by atoms with Crippen LogP contribution in [0.1, 0.15) is 39.5 Å². The van der Waals surface area contributed by atoms with E-state index in [1.165, 1.54) is 0 Å². The second-order valence-corrected chi connectivity index (χ2v) is 7.80. The molecule has 4 atom stereocenters. The molecule has 1 aliphatic heterocycles. The first-order valence-electron chi connectivity index (χ1n) is 9.84. The van der Waals surface area contributed by atoms with Gasteiger partial charge in [-0.1, -0.05) is 6.07 Å². The van der Waals surface area contributed by atoms with Gasteiger partial charge in [0.2, 0.25) is 0 Å². The van der Waals surface area contributed by atoms with E-state index in [1.54, 1.807) is 17.8 Å². The predicted molar refractivity (Wildman–Crippen MR) is 107 cm³/mol. The van der Waals surface area contributed by atoms with Crippen molar-refractivity contribution in [2.45, 2.75) is 19.0 Å². The lowest BCUT2D eigenvalue weighted by molar-refractivity contribution is 0.0915. The Morgan fingerprint density at radius 2 is 2.00 bits per heavy atom. The van der Waals surface area contributed by atoms with Gasteiger partial charge in [-0.25, -0.2) is 0 Å².